The van der Waals surface area contributed by atoms with E-state index in [2.05, 4.69) is 4.98 Å². The van der Waals surface area contributed by atoms with Crippen molar-refractivity contribution in [2.75, 3.05) is 6.54 Å². The highest BCUT2D eigenvalue weighted by molar-refractivity contribution is 7.16. The lowest BCUT2D eigenvalue weighted by atomic mass is 9.98. The summed E-state index contributed by atoms with van der Waals surface area (Å²) in [6, 6.07) is 4.18. The summed E-state index contributed by atoms with van der Waals surface area (Å²) in [5.41, 5.74) is 2.98. The molecule has 6 nitrogen and oxygen atoms in total. The molecule has 1 aliphatic heterocycles. The highest BCUT2D eigenvalue weighted by Gasteiger charge is 2.36. The number of rotatable bonds is 2. The summed E-state index contributed by atoms with van der Waals surface area (Å²) in [5.74, 6) is -1.40. The summed E-state index contributed by atoms with van der Waals surface area (Å²) >= 11 is 1.43. The summed E-state index contributed by atoms with van der Waals surface area (Å²) in [5, 5.41) is 18.9. The summed E-state index contributed by atoms with van der Waals surface area (Å²) in [7, 11) is 0. The van der Waals surface area contributed by atoms with Gasteiger partial charge in [-0.05, 0) is 24.6 Å². The molecule has 3 rings (SSSR count). The zero-order chi connectivity index (χ0) is 15.0. The summed E-state index contributed by atoms with van der Waals surface area (Å²) in [4.78, 5) is 29.3. The van der Waals surface area contributed by atoms with Gasteiger partial charge in [-0.2, -0.15) is 0 Å². The Bertz CT molecular complexity index is 699. The number of thiazole rings is 1. The Morgan fingerprint density at radius 1 is 1.38 bits per heavy atom. The second kappa shape index (κ2) is 5.42. The van der Waals surface area contributed by atoms with Crippen LogP contribution >= 0.6 is 11.3 Å². The molecule has 1 amide bonds. The van der Waals surface area contributed by atoms with Crippen molar-refractivity contribution in [1.82, 2.24) is 9.88 Å². The number of aromatic nitrogens is 1. The van der Waals surface area contributed by atoms with Crippen LogP contribution < -0.4 is 0 Å². The minimum Gasteiger partial charge on any atom is -0.480 e. The van der Waals surface area contributed by atoms with Gasteiger partial charge in [0.15, 0.2) is 0 Å². The molecule has 0 bridgehead atoms. The van der Waals surface area contributed by atoms with E-state index in [0.717, 1.165) is 10.2 Å². The quantitative estimate of drug-likeness (QED) is 0.874. The van der Waals surface area contributed by atoms with Gasteiger partial charge in [-0.1, -0.05) is 0 Å². The molecule has 0 spiro atoms. The van der Waals surface area contributed by atoms with Gasteiger partial charge < -0.3 is 15.1 Å². The Labute approximate surface area is 124 Å². The van der Waals surface area contributed by atoms with E-state index in [4.69, 9.17) is 0 Å². The predicted octanol–water partition coefficient (Wildman–Crippen LogP) is 1.35. The van der Waals surface area contributed by atoms with Gasteiger partial charge in [0.25, 0.3) is 5.91 Å². The highest BCUT2D eigenvalue weighted by Crippen LogP contribution is 2.24. The molecule has 2 atom stereocenters. The number of amides is 1. The van der Waals surface area contributed by atoms with Crippen molar-refractivity contribution in [2.24, 2.45) is 0 Å². The van der Waals surface area contributed by atoms with Gasteiger partial charge in [-0.25, -0.2) is 9.78 Å². The number of carbonyl (C=O) groups excluding carboxylic acids is 1. The lowest BCUT2D eigenvalue weighted by Gasteiger charge is -2.35. The van der Waals surface area contributed by atoms with Crippen LogP contribution in [-0.2, 0) is 4.79 Å². The number of aliphatic hydroxyl groups is 1. The molecule has 7 heteroatoms. The molecule has 0 unspecified atom stereocenters. The van der Waals surface area contributed by atoms with Crippen LogP contribution in [0.3, 0.4) is 0 Å². The molecule has 2 aromatic rings. The number of hydrogen-bond acceptors (Lipinski definition) is 5. The topological polar surface area (TPSA) is 90.7 Å². The maximum absolute atomic E-state index is 12.6. The number of fused-ring (bicyclic) bond motifs is 1. The van der Waals surface area contributed by atoms with Gasteiger partial charge in [0, 0.05) is 18.5 Å². The standard InChI is InChI=1S/C14H14N2O4S/c17-9-3-4-16(11(6-9)14(19)20)13(18)8-1-2-10-12(5-8)21-7-15-10/h1-2,5,7,9,11,17H,3-4,6H2,(H,19,20)/t9-,11+/m0/s1. The average Bonchev–Trinajstić information content (AvgIpc) is 2.93. The zero-order valence-corrected chi connectivity index (χ0v) is 11.9. The van der Waals surface area contributed by atoms with Crippen molar-refractivity contribution in [3.05, 3.63) is 29.3 Å². The van der Waals surface area contributed by atoms with Crippen LogP contribution in [0.5, 0.6) is 0 Å². The van der Waals surface area contributed by atoms with E-state index in [0.29, 0.717) is 12.0 Å². The summed E-state index contributed by atoms with van der Waals surface area (Å²) in [6.45, 7) is 0.248. The Morgan fingerprint density at radius 2 is 2.19 bits per heavy atom. The monoisotopic (exact) mass is 306 g/mol. The van der Waals surface area contributed by atoms with E-state index in [1.165, 1.54) is 16.2 Å². The van der Waals surface area contributed by atoms with Crippen molar-refractivity contribution in [3.63, 3.8) is 0 Å². The molecule has 1 aromatic carbocycles. The lowest BCUT2D eigenvalue weighted by Crippen LogP contribution is -2.51. The third kappa shape index (κ3) is 2.62. The normalized spacial score (nSPS) is 22.4. The molecule has 0 aliphatic carbocycles. The fourth-order valence-corrected chi connectivity index (χ4v) is 3.29. The zero-order valence-electron chi connectivity index (χ0n) is 11.1. The van der Waals surface area contributed by atoms with Crippen molar-refractivity contribution in [3.8, 4) is 0 Å². The molecular formula is C14H14N2O4S. The van der Waals surface area contributed by atoms with Gasteiger partial charge in [-0.15, -0.1) is 11.3 Å². The van der Waals surface area contributed by atoms with Gasteiger partial charge in [0.1, 0.15) is 6.04 Å². The van der Waals surface area contributed by atoms with Gasteiger partial charge in [-0.3, -0.25) is 4.79 Å². The molecule has 0 radical (unpaired) electrons. The van der Waals surface area contributed by atoms with E-state index in [-0.39, 0.29) is 18.9 Å². The molecule has 1 fully saturated rings. The molecule has 1 aromatic heterocycles. The first kappa shape index (κ1) is 14.0. The molecular weight excluding hydrogens is 292 g/mol. The average molecular weight is 306 g/mol. The van der Waals surface area contributed by atoms with Crippen LogP contribution in [0, 0.1) is 0 Å². The Morgan fingerprint density at radius 3 is 2.95 bits per heavy atom. The highest BCUT2D eigenvalue weighted by atomic mass is 32.1. The summed E-state index contributed by atoms with van der Waals surface area (Å²) < 4.78 is 0.893. The minimum absolute atomic E-state index is 0.0733. The Balaban J connectivity index is 1.90. The van der Waals surface area contributed by atoms with E-state index in [1.54, 1.807) is 23.7 Å². The van der Waals surface area contributed by atoms with Crippen LogP contribution in [0.25, 0.3) is 10.2 Å². The number of carboxylic acids is 1. The van der Waals surface area contributed by atoms with Crippen molar-refractivity contribution >= 4 is 33.4 Å². The number of carbonyl (C=O) groups is 2. The SMILES string of the molecule is O=C(O)[C@H]1C[C@@H](O)CCN1C(=O)c1ccc2ncsc2c1. The molecule has 0 saturated carbocycles. The number of carboxylic acid groups (broad SMARTS) is 1. The number of aliphatic hydroxyl groups excluding tert-OH is 1. The van der Waals surface area contributed by atoms with Crippen LogP contribution in [-0.4, -0.2) is 50.7 Å². The van der Waals surface area contributed by atoms with E-state index in [9.17, 15) is 19.8 Å². The molecule has 21 heavy (non-hydrogen) atoms. The maximum atomic E-state index is 12.6. The van der Waals surface area contributed by atoms with Gasteiger partial charge >= 0.3 is 5.97 Å². The predicted molar refractivity (Wildman–Crippen MR) is 77.3 cm³/mol. The maximum Gasteiger partial charge on any atom is 0.326 e. The first-order chi connectivity index (χ1) is 10.1. The molecule has 2 N–H and O–H groups in total. The minimum atomic E-state index is -1.08. The fourth-order valence-electron chi connectivity index (χ4n) is 2.58. The molecule has 1 saturated heterocycles. The first-order valence-electron chi connectivity index (χ1n) is 6.61. The Kier molecular flexibility index (Phi) is 3.60. The number of nitrogens with zero attached hydrogens (tertiary/aromatic N) is 2. The van der Waals surface area contributed by atoms with Crippen molar-refractivity contribution < 1.29 is 19.8 Å². The number of hydrogen-bond donors (Lipinski definition) is 2. The second-order valence-corrected chi connectivity index (χ2v) is 5.95. The number of likely N-dealkylation sites (tertiary alicyclic amines) is 1. The fraction of sp³-hybridized carbons (Fsp3) is 0.357. The molecule has 2 heterocycles. The van der Waals surface area contributed by atoms with E-state index < -0.39 is 18.1 Å². The number of benzene rings is 1. The molecule has 110 valence electrons. The largest absolute Gasteiger partial charge is 0.480 e. The number of piperidine rings is 1. The third-order valence-electron chi connectivity index (χ3n) is 3.70. The van der Waals surface area contributed by atoms with Crippen LogP contribution in [0.15, 0.2) is 23.7 Å². The van der Waals surface area contributed by atoms with Crippen LogP contribution in [0.2, 0.25) is 0 Å². The van der Waals surface area contributed by atoms with E-state index in [1.807, 2.05) is 0 Å². The van der Waals surface area contributed by atoms with E-state index >= 15 is 0 Å². The van der Waals surface area contributed by atoms with Crippen LogP contribution in [0.1, 0.15) is 23.2 Å². The van der Waals surface area contributed by atoms with Crippen molar-refractivity contribution in [1.29, 1.82) is 0 Å². The molecule has 1 aliphatic rings. The van der Waals surface area contributed by atoms with Gasteiger partial charge in [0.2, 0.25) is 0 Å². The second-order valence-electron chi connectivity index (χ2n) is 5.07. The summed E-state index contributed by atoms with van der Waals surface area (Å²) in [6.07, 6.45) is -0.193. The first-order valence-corrected chi connectivity index (χ1v) is 7.49. The van der Waals surface area contributed by atoms with Crippen molar-refractivity contribution in [2.45, 2.75) is 25.0 Å². The van der Waals surface area contributed by atoms with Gasteiger partial charge in [0.05, 0.1) is 21.8 Å². The van der Waals surface area contributed by atoms with Crippen LogP contribution in [0.4, 0.5) is 0 Å². The Hall–Kier alpha value is -1.99. The smallest absolute Gasteiger partial charge is 0.326 e. The number of aliphatic carboxylic acids is 1. The lowest BCUT2D eigenvalue weighted by molar-refractivity contribution is -0.145. The third-order valence-corrected chi connectivity index (χ3v) is 4.49.